The van der Waals surface area contributed by atoms with Gasteiger partial charge in [-0.25, -0.2) is 0 Å². The van der Waals surface area contributed by atoms with E-state index in [0.29, 0.717) is 16.6 Å². The third kappa shape index (κ3) is 2.44. The number of allylic oxidation sites excluding steroid dienone is 1. The summed E-state index contributed by atoms with van der Waals surface area (Å²) >= 11 is 0. The van der Waals surface area contributed by atoms with Gasteiger partial charge in [-0.2, -0.15) is 0 Å². The van der Waals surface area contributed by atoms with Crippen LogP contribution in [0.5, 0.6) is 0 Å². The number of fused-ring (bicyclic) bond motifs is 5. The molecule has 2 heteroatoms. The van der Waals surface area contributed by atoms with Crippen molar-refractivity contribution >= 4 is 15.0 Å². The maximum atomic E-state index is 11.8. The molecule has 1 nitrogen and oxygen atoms in total. The standard InChI is InChI=1S/C19H29OP.C2H2/c1-18-9-7-13(20)11-12(18)3-4-14-15-5-6-17(21)19(15,2)10-8-16(14)18;1-2/h11,14-17H,3-10,21H2,1-2H3;1-2H. The smallest absolute Gasteiger partial charge is 0.155 e. The second-order valence-electron chi connectivity index (χ2n) is 8.70. The first-order chi connectivity index (χ1) is 10.9. The maximum absolute atomic E-state index is 11.8. The predicted octanol–water partition coefficient (Wildman–Crippen LogP) is 5.01. The van der Waals surface area contributed by atoms with Gasteiger partial charge in [0.15, 0.2) is 5.78 Å². The van der Waals surface area contributed by atoms with Crippen LogP contribution in [0.4, 0.5) is 0 Å². The maximum Gasteiger partial charge on any atom is 0.155 e. The van der Waals surface area contributed by atoms with Crippen molar-refractivity contribution in [3.63, 3.8) is 0 Å². The lowest BCUT2D eigenvalue weighted by molar-refractivity contribution is -0.117. The quantitative estimate of drug-likeness (QED) is 0.451. The number of rotatable bonds is 0. The van der Waals surface area contributed by atoms with E-state index in [-0.39, 0.29) is 0 Å². The molecule has 0 aromatic rings. The van der Waals surface area contributed by atoms with Crippen LogP contribution in [0.25, 0.3) is 0 Å². The molecule has 7 atom stereocenters. The predicted molar refractivity (Wildman–Crippen MR) is 100 cm³/mol. The fourth-order valence-corrected chi connectivity index (χ4v) is 7.21. The molecule has 0 saturated heterocycles. The zero-order valence-electron chi connectivity index (χ0n) is 14.7. The molecule has 126 valence electrons. The summed E-state index contributed by atoms with van der Waals surface area (Å²) in [6.07, 6.45) is 20.1. The van der Waals surface area contributed by atoms with E-state index in [1.807, 2.05) is 6.08 Å². The summed E-state index contributed by atoms with van der Waals surface area (Å²) in [5, 5.41) is 0. The third-order valence-corrected chi connectivity index (χ3v) is 9.13. The van der Waals surface area contributed by atoms with E-state index < -0.39 is 0 Å². The Morgan fingerprint density at radius 1 is 1.04 bits per heavy atom. The first-order valence-corrected chi connectivity index (χ1v) is 9.94. The van der Waals surface area contributed by atoms with Crippen LogP contribution < -0.4 is 0 Å². The molecule has 0 aromatic carbocycles. The van der Waals surface area contributed by atoms with Crippen molar-refractivity contribution in [3.05, 3.63) is 11.6 Å². The Morgan fingerprint density at radius 2 is 1.78 bits per heavy atom. The summed E-state index contributed by atoms with van der Waals surface area (Å²) in [4.78, 5) is 11.8. The SMILES string of the molecule is C#C.CC12CCC(=O)C=C1CCC1C2CCC2(C)C(P)CCC12. The first-order valence-electron chi connectivity index (χ1n) is 9.28. The molecule has 4 rings (SSSR count). The van der Waals surface area contributed by atoms with Crippen molar-refractivity contribution in [2.45, 2.75) is 70.9 Å². The van der Waals surface area contributed by atoms with Gasteiger partial charge in [0.05, 0.1) is 0 Å². The average Bonchev–Trinajstić information content (AvgIpc) is 2.86. The lowest BCUT2D eigenvalue weighted by atomic mass is 9.47. The molecule has 0 bridgehead atoms. The van der Waals surface area contributed by atoms with Gasteiger partial charge in [0.1, 0.15) is 0 Å². The van der Waals surface area contributed by atoms with Crippen molar-refractivity contribution < 1.29 is 4.79 Å². The van der Waals surface area contributed by atoms with Crippen molar-refractivity contribution in [3.8, 4) is 12.8 Å². The van der Waals surface area contributed by atoms with E-state index in [9.17, 15) is 4.79 Å². The molecule has 0 aliphatic heterocycles. The van der Waals surface area contributed by atoms with Crippen LogP contribution in [0, 0.1) is 41.4 Å². The summed E-state index contributed by atoms with van der Waals surface area (Å²) in [5.74, 6) is 3.09. The van der Waals surface area contributed by atoms with Crippen LogP contribution in [0.1, 0.15) is 65.2 Å². The Balaban J connectivity index is 0.000000753. The lowest BCUT2D eigenvalue weighted by Crippen LogP contribution is -2.50. The number of ketones is 1. The fraction of sp³-hybridized carbons (Fsp3) is 0.762. The lowest BCUT2D eigenvalue weighted by Gasteiger charge is -2.58. The van der Waals surface area contributed by atoms with Crippen molar-refractivity contribution in [1.29, 1.82) is 0 Å². The van der Waals surface area contributed by atoms with Gasteiger partial charge >= 0.3 is 0 Å². The highest BCUT2D eigenvalue weighted by Crippen LogP contribution is 2.66. The summed E-state index contributed by atoms with van der Waals surface area (Å²) in [5.41, 5.74) is 3.26. The molecule has 4 aliphatic carbocycles. The number of hydrogen-bond donors (Lipinski definition) is 0. The van der Waals surface area contributed by atoms with Crippen molar-refractivity contribution in [2.24, 2.45) is 28.6 Å². The van der Waals surface area contributed by atoms with Crippen LogP contribution in [0.15, 0.2) is 11.6 Å². The van der Waals surface area contributed by atoms with E-state index in [1.54, 1.807) is 0 Å². The molecule has 4 aliphatic rings. The van der Waals surface area contributed by atoms with Gasteiger partial charge in [0.25, 0.3) is 0 Å². The zero-order chi connectivity index (χ0) is 16.8. The van der Waals surface area contributed by atoms with Gasteiger partial charge in [-0.05, 0) is 85.3 Å². The molecule has 7 unspecified atom stereocenters. The second kappa shape index (κ2) is 6.04. The van der Waals surface area contributed by atoms with Gasteiger partial charge in [-0.1, -0.05) is 19.4 Å². The summed E-state index contributed by atoms with van der Waals surface area (Å²) in [6, 6.07) is 0. The first kappa shape index (κ1) is 17.2. The van der Waals surface area contributed by atoms with Crippen molar-refractivity contribution in [2.75, 3.05) is 0 Å². The van der Waals surface area contributed by atoms with E-state index in [2.05, 4.69) is 35.9 Å². The average molecular weight is 330 g/mol. The largest absolute Gasteiger partial charge is 0.295 e. The second-order valence-corrected chi connectivity index (χ2v) is 9.50. The van der Waals surface area contributed by atoms with Crippen LogP contribution in [0.3, 0.4) is 0 Å². The van der Waals surface area contributed by atoms with Crippen LogP contribution in [-0.4, -0.2) is 11.4 Å². The summed E-state index contributed by atoms with van der Waals surface area (Å²) in [7, 11) is 3.16. The molecule has 3 saturated carbocycles. The third-order valence-electron chi connectivity index (χ3n) is 8.04. The Kier molecular flexibility index (Phi) is 4.52. The van der Waals surface area contributed by atoms with Crippen molar-refractivity contribution in [1.82, 2.24) is 0 Å². The Labute approximate surface area is 144 Å². The van der Waals surface area contributed by atoms with Crippen LogP contribution in [-0.2, 0) is 4.79 Å². The highest BCUT2D eigenvalue weighted by molar-refractivity contribution is 7.17. The molecule has 0 N–H and O–H groups in total. The van der Waals surface area contributed by atoms with Crippen LogP contribution in [0.2, 0.25) is 0 Å². The van der Waals surface area contributed by atoms with Gasteiger partial charge in [0.2, 0.25) is 0 Å². The molecular formula is C21H31OP. The van der Waals surface area contributed by atoms with Gasteiger partial charge in [-0.15, -0.1) is 22.1 Å². The minimum atomic E-state index is 0.344. The molecule has 0 aromatic heterocycles. The van der Waals surface area contributed by atoms with E-state index in [0.717, 1.165) is 36.3 Å². The molecule has 0 amide bonds. The highest BCUT2D eigenvalue weighted by atomic mass is 31.0. The molecule has 0 heterocycles. The number of carbonyl (C=O) groups is 1. The summed E-state index contributed by atoms with van der Waals surface area (Å²) < 4.78 is 0. The molecule has 23 heavy (non-hydrogen) atoms. The molecular weight excluding hydrogens is 299 g/mol. The van der Waals surface area contributed by atoms with E-state index in [1.165, 1.54) is 44.1 Å². The minimum absolute atomic E-state index is 0.344. The highest BCUT2D eigenvalue weighted by Gasteiger charge is 2.57. The Bertz CT molecular complexity index is 547. The molecule has 0 spiro atoms. The number of carbonyl (C=O) groups excluding carboxylic acids is 1. The van der Waals surface area contributed by atoms with E-state index in [4.69, 9.17) is 0 Å². The van der Waals surface area contributed by atoms with Gasteiger partial charge in [0, 0.05) is 6.42 Å². The number of hydrogen-bond acceptors (Lipinski definition) is 1. The fourth-order valence-electron chi connectivity index (χ4n) is 6.60. The topological polar surface area (TPSA) is 17.1 Å². The zero-order valence-corrected chi connectivity index (χ0v) is 15.8. The minimum Gasteiger partial charge on any atom is -0.295 e. The molecule has 3 fully saturated rings. The van der Waals surface area contributed by atoms with Gasteiger partial charge < -0.3 is 0 Å². The molecule has 0 radical (unpaired) electrons. The number of terminal acetylenes is 1. The Morgan fingerprint density at radius 3 is 2.52 bits per heavy atom. The monoisotopic (exact) mass is 330 g/mol. The van der Waals surface area contributed by atoms with Crippen LogP contribution >= 0.6 is 9.24 Å². The van der Waals surface area contributed by atoms with E-state index >= 15 is 0 Å². The Hall–Kier alpha value is -0.600. The van der Waals surface area contributed by atoms with Gasteiger partial charge in [-0.3, -0.25) is 4.79 Å². The summed E-state index contributed by atoms with van der Waals surface area (Å²) in [6.45, 7) is 5.05. The normalized spacial score (nSPS) is 48.2.